The largest absolute Gasteiger partial charge is 0.383 e. The van der Waals surface area contributed by atoms with Gasteiger partial charge in [-0.2, -0.15) is 0 Å². The van der Waals surface area contributed by atoms with Crippen LogP contribution in [0, 0.1) is 5.92 Å². The highest BCUT2D eigenvalue weighted by molar-refractivity contribution is 7.10. The van der Waals surface area contributed by atoms with E-state index in [1.807, 2.05) is 11.3 Å². The van der Waals surface area contributed by atoms with Crippen LogP contribution in [0.25, 0.3) is 0 Å². The Balaban J connectivity index is 1.89. The van der Waals surface area contributed by atoms with Crippen LogP contribution in [0.3, 0.4) is 0 Å². The molecule has 1 aliphatic carbocycles. The molecule has 0 aliphatic heterocycles. The molecule has 1 aromatic rings. The third kappa shape index (κ3) is 3.14. The average Bonchev–Trinajstić information content (AvgIpc) is 2.84. The van der Waals surface area contributed by atoms with Gasteiger partial charge in [0.2, 0.25) is 0 Å². The molecule has 18 heavy (non-hydrogen) atoms. The molecule has 1 heterocycles. The molecule has 0 radical (unpaired) electrons. The van der Waals surface area contributed by atoms with Crippen molar-refractivity contribution in [3.05, 3.63) is 22.4 Å². The molecule has 102 valence electrons. The van der Waals surface area contributed by atoms with E-state index in [0.29, 0.717) is 5.41 Å². The van der Waals surface area contributed by atoms with Crippen LogP contribution < -0.4 is 5.32 Å². The molecule has 3 heteroatoms. The molecule has 1 aromatic heterocycles. The lowest BCUT2D eigenvalue weighted by molar-refractivity contribution is 0.126. The van der Waals surface area contributed by atoms with Crippen LogP contribution in [0.1, 0.15) is 37.5 Å². The van der Waals surface area contributed by atoms with Gasteiger partial charge in [-0.1, -0.05) is 25.8 Å². The third-order valence-electron chi connectivity index (χ3n) is 4.05. The van der Waals surface area contributed by atoms with E-state index in [1.54, 1.807) is 12.0 Å². The van der Waals surface area contributed by atoms with E-state index >= 15 is 0 Å². The van der Waals surface area contributed by atoms with Crippen LogP contribution in [-0.4, -0.2) is 26.8 Å². The summed E-state index contributed by atoms with van der Waals surface area (Å²) in [6, 6.07) is 4.49. The maximum atomic E-state index is 5.10. The van der Waals surface area contributed by atoms with Crippen molar-refractivity contribution in [2.75, 3.05) is 26.8 Å². The van der Waals surface area contributed by atoms with Crippen LogP contribution in [-0.2, 0) is 10.2 Å². The van der Waals surface area contributed by atoms with Crippen LogP contribution in [0.4, 0.5) is 0 Å². The predicted octanol–water partition coefficient (Wildman–Crippen LogP) is 3.43. The van der Waals surface area contributed by atoms with Crippen molar-refractivity contribution in [1.29, 1.82) is 0 Å². The first kappa shape index (κ1) is 14.0. The minimum absolute atomic E-state index is 0.418. The highest BCUT2D eigenvalue weighted by atomic mass is 32.1. The molecular weight excluding hydrogens is 242 g/mol. The zero-order chi connectivity index (χ0) is 12.8. The van der Waals surface area contributed by atoms with Crippen molar-refractivity contribution in [2.24, 2.45) is 5.92 Å². The van der Waals surface area contributed by atoms with Crippen LogP contribution in [0.2, 0.25) is 0 Å². The molecule has 1 N–H and O–H groups in total. The summed E-state index contributed by atoms with van der Waals surface area (Å²) in [5.41, 5.74) is 0.418. The standard InChI is InChI=1S/C15H25NOS/c1-3-5-13-10-15(11-13,12-16-7-8-17-2)14-6-4-9-18-14/h4,6,9,13,16H,3,5,7-8,10-12H2,1-2H3. The minimum atomic E-state index is 0.418. The van der Waals surface area contributed by atoms with Crippen molar-refractivity contribution in [1.82, 2.24) is 5.32 Å². The summed E-state index contributed by atoms with van der Waals surface area (Å²) in [5.74, 6) is 0.946. The Morgan fingerprint density at radius 2 is 2.33 bits per heavy atom. The third-order valence-corrected chi connectivity index (χ3v) is 5.16. The Bertz CT molecular complexity index is 330. The number of thiophene rings is 1. The molecule has 0 amide bonds. The van der Waals surface area contributed by atoms with E-state index in [2.05, 4.69) is 29.8 Å². The summed E-state index contributed by atoms with van der Waals surface area (Å²) in [7, 11) is 1.76. The van der Waals surface area contributed by atoms with Gasteiger partial charge in [0.05, 0.1) is 6.61 Å². The Morgan fingerprint density at radius 3 is 2.94 bits per heavy atom. The highest BCUT2D eigenvalue weighted by Gasteiger charge is 2.45. The first-order chi connectivity index (χ1) is 8.80. The fraction of sp³-hybridized carbons (Fsp3) is 0.733. The molecule has 1 aliphatic rings. The second-order valence-corrected chi connectivity index (χ2v) is 6.44. The fourth-order valence-corrected chi connectivity index (χ4v) is 4.12. The molecular formula is C15H25NOS. The maximum absolute atomic E-state index is 5.10. The topological polar surface area (TPSA) is 21.3 Å². The van der Waals surface area contributed by atoms with Gasteiger partial charge in [0.1, 0.15) is 0 Å². The Hall–Kier alpha value is -0.380. The Morgan fingerprint density at radius 1 is 1.50 bits per heavy atom. The van der Waals surface area contributed by atoms with Crippen molar-refractivity contribution < 1.29 is 4.74 Å². The number of methoxy groups -OCH3 is 1. The molecule has 0 atom stereocenters. The summed E-state index contributed by atoms with van der Waals surface area (Å²) in [6.45, 7) is 5.17. The molecule has 0 spiro atoms. The van der Waals surface area contributed by atoms with Gasteiger partial charge in [-0.3, -0.25) is 0 Å². The van der Waals surface area contributed by atoms with Gasteiger partial charge in [-0.15, -0.1) is 11.3 Å². The van der Waals surface area contributed by atoms with Gasteiger partial charge >= 0.3 is 0 Å². The second-order valence-electron chi connectivity index (χ2n) is 5.49. The van der Waals surface area contributed by atoms with E-state index in [4.69, 9.17) is 4.74 Å². The zero-order valence-corrected chi connectivity index (χ0v) is 12.4. The number of ether oxygens (including phenoxy) is 1. The predicted molar refractivity (Wildman–Crippen MR) is 78.4 cm³/mol. The quantitative estimate of drug-likeness (QED) is 0.729. The van der Waals surface area contributed by atoms with Crippen molar-refractivity contribution in [3.63, 3.8) is 0 Å². The first-order valence-corrected chi connectivity index (χ1v) is 7.92. The van der Waals surface area contributed by atoms with Gasteiger partial charge in [0.25, 0.3) is 0 Å². The second kappa shape index (κ2) is 6.69. The number of nitrogens with one attached hydrogen (secondary N) is 1. The molecule has 0 aromatic carbocycles. The van der Waals surface area contributed by atoms with Crippen LogP contribution in [0.15, 0.2) is 17.5 Å². The van der Waals surface area contributed by atoms with Crippen LogP contribution in [0.5, 0.6) is 0 Å². The fourth-order valence-electron chi connectivity index (χ4n) is 3.17. The lowest BCUT2D eigenvalue weighted by Crippen LogP contribution is -2.48. The average molecular weight is 267 g/mol. The molecule has 0 bridgehead atoms. The number of hydrogen-bond acceptors (Lipinski definition) is 3. The van der Waals surface area contributed by atoms with E-state index in [9.17, 15) is 0 Å². The van der Waals surface area contributed by atoms with Crippen molar-refractivity contribution >= 4 is 11.3 Å². The first-order valence-electron chi connectivity index (χ1n) is 7.04. The van der Waals surface area contributed by atoms with E-state index < -0.39 is 0 Å². The molecule has 0 unspecified atom stereocenters. The monoisotopic (exact) mass is 267 g/mol. The SMILES string of the molecule is CCCC1CC(CNCCOC)(c2cccs2)C1. The zero-order valence-electron chi connectivity index (χ0n) is 11.6. The smallest absolute Gasteiger partial charge is 0.0587 e. The van der Waals surface area contributed by atoms with Gasteiger partial charge in [-0.05, 0) is 30.2 Å². The molecule has 1 fully saturated rings. The summed E-state index contributed by atoms with van der Waals surface area (Å²) >= 11 is 1.92. The number of rotatable bonds is 8. The molecule has 2 rings (SSSR count). The molecule has 2 nitrogen and oxygen atoms in total. The molecule has 0 saturated heterocycles. The minimum Gasteiger partial charge on any atom is -0.383 e. The summed E-state index contributed by atoms with van der Waals surface area (Å²) in [4.78, 5) is 1.57. The summed E-state index contributed by atoms with van der Waals surface area (Å²) < 4.78 is 5.10. The lowest BCUT2D eigenvalue weighted by Gasteiger charge is -2.48. The highest BCUT2D eigenvalue weighted by Crippen LogP contribution is 2.50. The molecule has 1 saturated carbocycles. The Kier molecular flexibility index (Phi) is 5.22. The Labute approximate surface area is 115 Å². The van der Waals surface area contributed by atoms with E-state index in [0.717, 1.165) is 25.6 Å². The number of hydrogen-bond donors (Lipinski definition) is 1. The normalized spacial score (nSPS) is 27.1. The van der Waals surface area contributed by atoms with Gasteiger partial charge in [-0.25, -0.2) is 0 Å². The van der Waals surface area contributed by atoms with Crippen molar-refractivity contribution in [2.45, 2.75) is 38.0 Å². The van der Waals surface area contributed by atoms with E-state index in [1.165, 1.54) is 25.7 Å². The van der Waals surface area contributed by atoms with Gasteiger partial charge in [0, 0.05) is 30.5 Å². The summed E-state index contributed by atoms with van der Waals surface area (Å²) in [6.07, 6.45) is 5.44. The van der Waals surface area contributed by atoms with Crippen molar-refractivity contribution in [3.8, 4) is 0 Å². The maximum Gasteiger partial charge on any atom is 0.0587 e. The van der Waals surface area contributed by atoms with Crippen LogP contribution >= 0.6 is 11.3 Å². The summed E-state index contributed by atoms with van der Waals surface area (Å²) in [5, 5.41) is 5.77. The lowest BCUT2D eigenvalue weighted by atomic mass is 9.60. The van der Waals surface area contributed by atoms with Gasteiger partial charge < -0.3 is 10.1 Å². The van der Waals surface area contributed by atoms with Gasteiger partial charge in [0.15, 0.2) is 0 Å². The van der Waals surface area contributed by atoms with E-state index in [-0.39, 0.29) is 0 Å².